The number of nitrogens with zero attached hydrogens (tertiary/aromatic N) is 3. The Hall–Kier alpha value is -2.78. The van der Waals surface area contributed by atoms with Gasteiger partial charge in [0, 0.05) is 71.1 Å². The zero-order valence-electron chi connectivity index (χ0n) is 18.9. The molecule has 2 heterocycles. The molecule has 2 aromatic carbocycles. The fraction of sp³-hybridized carbons (Fsp3) is 0.333. The molecule has 10 heteroatoms. The first-order valence-corrected chi connectivity index (χ1v) is 11.8. The maximum Gasteiger partial charge on any atom is 0.323 e. The summed E-state index contributed by atoms with van der Waals surface area (Å²) in [6.07, 6.45) is 2.12. The number of carboxylic acids is 1. The van der Waals surface area contributed by atoms with E-state index in [9.17, 15) is 9.59 Å². The molecule has 4 rings (SSSR count). The van der Waals surface area contributed by atoms with E-state index in [0.717, 1.165) is 54.8 Å². The van der Waals surface area contributed by atoms with Gasteiger partial charge in [-0.2, -0.15) is 0 Å². The SMILES string of the molecule is CN1CCN(Cc2cn(Cc3c(Cl)cccc3Cl)c3ccc(NC(=O)NCC(=O)O)cc23)CC1. The van der Waals surface area contributed by atoms with Crippen LogP contribution < -0.4 is 10.6 Å². The topological polar surface area (TPSA) is 89.8 Å². The zero-order valence-corrected chi connectivity index (χ0v) is 20.4. The van der Waals surface area contributed by atoms with Gasteiger partial charge in [-0.25, -0.2) is 4.79 Å². The Morgan fingerprint density at radius 1 is 1.03 bits per heavy atom. The molecule has 1 fully saturated rings. The highest BCUT2D eigenvalue weighted by Gasteiger charge is 2.18. The van der Waals surface area contributed by atoms with Gasteiger partial charge < -0.3 is 25.2 Å². The van der Waals surface area contributed by atoms with Crippen LogP contribution in [-0.4, -0.2) is 71.2 Å². The maximum absolute atomic E-state index is 12.1. The average Bonchev–Trinajstić information content (AvgIpc) is 3.13. The quantitative estimate of drug-likeness (QED) is 0.454. The molecule has 34 heavy (non-hydrogen) atoms. The molecule has 3 N–H and O–H groups in total. The number of amides is 2. The minimum absolute atomic E-state index is 0.447. The molecule has 1 aliphatic rings. The van der Waals surface area contributed by atoms with Crippen molar-refractivity contribution >= 4 is 51.8 Å². The monoisotopic (exact) mass is 503 g/mol. The van der Waals surface area contributed by atoms with Gasteiger partial charge in [0.05, 0.1) is 6.54 Å². The Labute approximate surface area is 208 Å². The number of carbonyl (C=O) groups excluding carboxylic acids is 1. The van der Waals surface area contributed by atoms with E-state index in [1.807, 2.05) is 30.3 Å². The van der Waals surface area contributed by atoms with E-state index in [1.165, 1.54) is 0 Å². The molecule has 0 bridgehead atoms. The van der Waals surface area contributed by atoms with Crippen LogP contribution >= 0.6 is 23.2 Å². The molecule has 2 amide bonds. The van der Waals surface area contributed by atoms with Gasteiger partial charge in [0.15, 0.2) is 0 Å². The van der Waals surface area contributed by atoms with Crippen molar-refractivity contribution in [3.8, 4) is 0 Å². The van der Waals surface area contributed by atoms with E-state index in [4.69, 9.17) is 28.3 Å². The molecule has 0 aliphatic carbocycles. The maximum atomic E-state index is 12.1. The van der Waals surface area contributed by atoms with Gasteiger partial charge in [0.1, 0.15) is 6.54 Å². The van der Waals surface area contributed by atoms with Gasteiger partial charge >= 0.3 is 12.0 Å². The summed E-state index contributed by atoms with van der Waals surface area (Å²) in [7, 11) is 2.13. The summed E-state index contributed by atoms with van der Waals surface area (Å²) in [5.74, 6) is -1.10. The minimum Gasteiger partial charge on any atom is -0.480 e. The number of hydrogen-bond donors (Lipinski definition) is 3. The van der Waals surface area contributed by atoms with E-state index < -0.39 is 18.5 Å². The summed E-state index contributed by atoms with van der Waals surface area (Å²) in [6, 6.07) is 10.6. The molecule has 1 aliphatic heterocycles. The largest absolute Gasteiger partial charge is 0.480 e. The number of aromatic nitrogens is 1. The van der Waals surface area contributed by atoms with Crippen LogP contribution in [-0.2, 0) is 17.9 Å². The van der Waals surface area contributed by atoms with Crippen LogP contribution in [0.3, 0.4) is 0 Å². The molecule has 0 saturated carbocycles. The van der Waals surface area contributed by atoms with Gasteiger partial charge in [0.25, 0.3) is 0 Å². The first-order valence-electron chi connectivity index (χ1n) is 11.0. The molecule has 1 saturated heterocycles. The van der Waals surface area contributed by atoms with Crippen molar-refractivity contribution in [3.05, 3.63) is 63.8 Å². The van der Waals surface area contributed by atoms with Crippen molar-refractivity contribution in [1.29, 1.82) is 0 Å². The third-order valence-corrected chi connectivity index (χ3v) is 6.71. The van der Waals surface area contributed by atoms with Crippen molar-refractivity contribution in [2.24, 2.45) is 0 Å². The number of anilines is 1. The Balaban J connectivity index is 1.65. The summed E-state index contributed by atoms with van der Waals surface area (Å²) in [6.45, 7) is 4.85. The Bertz CT molecular complexity index is 1180. The lowest BCUT2D eigenvalue weighted by atomic mass is 10.1. The van der Waals surface area contributed by atoms with E-state index in [0.29, 0.717) is 22.3 Å². The number of nitrogens with one attached hydrogen (secondary N) is 2. The van der Waals surface area contributed by atoms with Gasteiger partial charge in [-0.3, -0.25) is 9.69 Å². The van der Waals surface area contributed by atoms with Gasteiger partial charge in [-0.15, -0.1) is 0 Å². The number of halogens is 2. The number of likely N-dealkylation sites (N-methyl/N-ethyl adjacent to an activating group) is 1. The number of piperazine rings is 1. The molecular formula is C24H27Cl2N5O3. The predicted octanol–water partition coefficient (Wildman–Crippen LogP) is 3.95. The first-order chi connectivity index (χ1) is 16.3. The van der Waals surface area contributed by atoms with E-state index in [-0.39, 0.29) is 0 Å². The molecule has 0 radical (unpaired) electrons. The fourth-order valence-electron chi connectivity index (χ4n) is 4.14. The summed E-state index contributed by atoms with van der Waals surface area (Å²) in [5.41, 5.74) is 3.57. The van der Waals surface area contributed by atoms with Crippen LogP contribution in [0.1, 0.15) is 11.1 Å². The lowest BCUT2D eigenvalue weighted by Crippen LogP contribution is -2.43. The standard InChI is InChI=1S/C24H27Cl2N5O3/c1-29-7-9-30(10-8-29)13-16-14-31(15-19-20(25)3-2-4-21(19)26)22-6-5-17(11-18(16)22)28-24(34)27-12-23(32)33/h2-6,11,14H,7-10,12-13,15H2,1H3,(H,32,33)(H2,27,28,34). The van der Waals surface area contributed by atoms with Gasteiger partial charge in [0.2, 0.25) is 0 Å². The number of aliphatic carboxylic acids is 1. The predicted molar refractivity (Wildman–Crippen MR) is 135 cm³/mol. The molecule has 8 nitrogen and oxygen atoms in total. The first kappa shape index (κ1) is 24.3. The fourth-order valence-corrected chi connectivity index (χ4v) is 4.65. The number of urea groups is 1. The molecule has 0 unspecified atom stereocenters. The van der Waals surface area contributed by atoms with Gasteiger partial charge in [-0.1, -0.05) is 29.3 Å². The summed E-state index contributed by atoms with van der Waals surface area (Å²) >= 11 is 12.9. The van der Waals surface area contributed by atoms with Crippen LogP contribution in [0.2, 0.25) is 10.0 Å². The van der Waals surface area contributed by atoms with E-state index >= 15 is 0 Å². The summed E-state index contributed by atoms with van der Waals surface area (Å²) < 4.78 is 2.13. The van der Waals surface area contributed by atoms with E-state index in [1.54, 1.807) is 6.07 Å². The number of benzene rings is 2. The number of hydrogen-bond acceptors (Lipinski definition) is 4. The molecule has 1 aromatic heterocycles. The lowest BCUT2D eigenvalue weighted by molar-refractivity contribution is -0.135. The molecular weight excluding hydrogens is 477 g/mol. The van der Waals surface area contributed by atoms with Crippen LogP contribution in [0.15, 0.2) is 42.6 Å². The Kier molecular flexibility index (Phi) is 7.63. The highest BCUT2D eigenvalue weighted by Crippen LogP contribution is 2.30. The number of carboxylic acid groups (broad SMARTS) is 1. The zero-order chi connectivity index (χ0) is 24.2. The van der Waals surface area contributed by atoms with Gasteiger partial charge in [-0.05, 0) is 42.9 Å². The molecule has 3 aromatic rings. The second-order valence-corrected chi connectivity index (χ2v) is 9.31. The second kappa shape index (κ2) is 10.7. The van der Waals surface area contributed by atoms with Crippen LogP contribution in [0.25, 0.3) is 10.9 Å². The smallest absolute Gasteiger partial charge is 0.323 e. The Morgan fingerprint density at radius 3 is 2.41 bits per heavy atom. The Morgan fingerprint density at radius 2 is 1.74 bits per heavy atom. The highest BCUT2D eigenvalue weighted by atomic mass is 35.5. The third-order valence-electron chi connectivity index (χ3n) is 6.00. The molecule has 0 spiro atoms. The van der Waals surface area contributed by atoms with Crippen molar-refractivity contribution < 1.29 is 14.7 Å². The van der Waals surface area contributed by atoms with Crippen molar-refractivity contribution in [2.45, 2.75) is 13.1 Å². The average molecular weight is 504 g/mol. The second-order valence-electron chi connectivity index (χ2n) is 8.50. The van der Waals surface area contributed by atoms with Crippen LogP contribution in [0.4, 0.5) is 10.5 Å². The van der Waals surface area contributed by atoms with Crippen LogP contribution in [0.5, 0.6) is 0 Å². The normalized spacial score (nSPS) is 14.9. The highest BCUT2D eigenvalue weighted by molar-refractivity contribution is 6.36. The third kappa shape index (κ3) is 5.82. The number of fused-ring (bicyclic) bond motifs is 1. The number of carbonyl (C=O) groups is 2. The van der Waals surface area contributed by atoms with E-state index in [2.05, 4.69) is 38.2 Å². The number of rotatable bonds is 7. The van der Waals surface area contributed by atoms with Crippen molar-refractivity contribution in [3.63, 3.8) is 0 Å². The molecule has 180 valence electrons. The summed E-state index contributed by atoms with van der Waals surface area (Å²) in [4.78, 5) is 27.5. The van der Waals surface area contributed by atoms with Crippen molar-refractivity contribution in [2.75, 3.05) is 45.1 Å². The molecule has 0 atom stereocenters. The van der Waals surface area contributed by atoms with Crippen LogP contribution in [0, 0.1) is 0 Å². The summed E-state index contributed by atoms with van der Waals surface area (Å²) in [5, 5.41) is 16.0. The van der Waals surface area contributed by atoms with Crippen molar-refractivity contribution in [1.82, 2.24) is 19.7 Å². The lowest BCUT2D eigenvalue weighted by Gasteiger charge is -2.32. The minimum atomic E-state index is -1.10.